The summed E-state index contributed by atoms with van der Waals surface area (Å²) < 4.78 is 45.0. The molecule has 0 bridgehead atoms. The number of hydrogen-bond donors (Lipinski definition) is 1. The van der Waals surface area contributed by atoms with Gasteiger partial charge in [0.2, 0.25) is 0 Å². The maximum absolute atomic E-state index is 13.5. The molecule has 0 aliphatic carbocycles. The molecule has 2 aromatic carbocycles. The first-order valence-electron chi connectivity index (χ1n) is 8.26. The third-order valence-corrected chi connectivity index (χ3v) is 6.24. The smallest absolute Gasteiger partial charge is 0.251 e. The average molecular weight is 387 g/mol. The minimum absolute atomic E-state index is 0.0308. The maximum Gasteiger partial charge on any atom is 0.251 e. The van der Waals surface area contributed by atoms with Crippen LogP contribution in [0.5, 0.6) is 0 Å². The molecule has 0 aliphatic rings. The molecule has 1 N–H and O–H groups in total. The van der Waals surface area contributed by atoms with Gasteiger partial charge in [-0.25, -0.2) is 12.8 Å². The Morgan fingerprint density at radius 1 is 1.11 bits per heavy atom. The lowest BCUT2D eigenvalue weighted by Gasteiger charge is -2.17. The Morgan fingerprint density at radius 3 is 2.48 bits per heavy atom. The van der Waals surface area contributed by atoms with Crippen molar-refractivity contribution in [2.24, 2.45) is 0 Å². The van der Waals surface area contributed by atoms with Crippen LogP contribution in [0.2, 0.25) is 0 Å². The summed E-state index contributed by atoms with van der Waals surface area (Å²) in [6.07, 6.45) is 1.37. The van der Waals surface area contributed by atoms with Crippen LogP contribution in [0, 0.1) is 12.7 Å². The summed E-state index contributed by atoms with van der Waals surface area (Å²) >= 11 is 0. The maximum atomic E-state index is 13.5. The highest BCUT2D eigenvalue weighted by atomic mass is 32.2. The van der Waals surface area contributed by atoms with Gasteiger partial charge in [-0.1, -0.05) is 18.2 Å². The van der Waals surface area contributed by atoms with Crippen LogP contribution in [0.1, 0.15) is 26.9 Å². The molecule has 5 nitrogen and oxygen atoms in total. The SMILES string of the molecule is Cc1cc(S(=O)(=O)C(CNC(=O)c2ccccc2)c2ccco2)ccc1F. The fraction of sp³-hybridized carbons (Fsp3) is 0.150. The second kappa shape index (κ2) is 7.75. The summed E-state index contributed by atoms with van der Waals surface area (Å²) in [4.78, 5) is 12.3. The van der Waals surface area contributed by atoms with Crippen LogP contribution in [0.3, 0.4) is 0 Å². The number of nitrogens with one attached hydrogen (secondary N) is 1. The van der Waals surface area contributed by atoms with Gasteiger partial charge < -0.3 is 9.73 Å². The van der Waals surface area contributed by atoms with Gasteiger partial charge in [0.25, 0.3) is 5.91 Å². The van der Waals surface area contributed by atoms with Crippen molar-refractivity contribution >= 4 is 15.7 Å². The summed E-state index contributed by atoms with van der Waals surface area (Å²) in [6, 6.07) is 15.2. The second-order valence-electron chi connectivity index (χ2n) is 6.04. The largest absolute Gasteiger partial charge is 0.468 e. The fourth-order valence-corrected chi connectivity index (χ4v) is 4.34. The number of carbonyl (C=O) groups is 1. The number of furan rings is 1. The van der Waals surface area contributed by atoms with Crippen molar-refractivity contribution in [1.29, 1.82) is 0 Å². The first-order chi connectivity index (χ1) is 12.9. The molecule has 0 saturated heterocycles. The lowest BCUT2D eigenvalue weighted by atomic mass is 10.2. The van der Waals surface area contributed by atoms with Gasteiger partial charge in [-0.15, -0.1) is 0 Å². The fourth-order valence-electron chi connectivity index (χ4n) is 2.67. The van der Waals surface area contributed by atoms with E-state index < -0.39 is 26.8 Å². The van der Waals surface area contributed by atoms with E-state index in [9.17, 15) is 17.6 Å². The number of amides is 1. The molecule has 0 saturated carbocycles. The first kappa shape index (κ1) is 18.8. The Morgan fingerprint density at radius 2 is 1.85 bits per heavy atom. The van der Waals surface area contributed by atoms with Crippen LogP contribution in [-0.2, 0) is 9.84 Å². The highest BCUT2D eigenvalue weighted by molar-refractivity contribution is 7.91. The third-order valence-electron chi connectivity index (χ3n) is 4.18. The predicted octanol–water partition coefficient (Wildman–Crippen LogP) is 3.67. The van der Waals surface area contributed by atoms with E-state index in [0.29, 0.717) is 5.56 Å². The van der Waals surface area contributed by atoms with Crippen molar-refractivity contribution in [3.05, 3.63) is 89.6 Å². The molecule has 0 aliphatic heterocycles. The number of sulfone groups is 1. The molecule has 3 aromatic rings. The molecule has 7 heteroatoms. The van der Waals surface area contributed by atoms with Crippen LogP contribution < -0.4 is 5.32 Å². The number of carbonyl (C=O) groups excluding carboxylic acids is 1. The van der Waals surface area contributed by atoms with E-state index >= 15 is 0 Å². The Kier molecular flexibility index (Phi) is 5.41. The van der Waals surface area contributed by atoms with Crippen molar-refractivity contribution in [3.63, 3.8) is 0 Å². The lowest BCUT2D eigenvalue weighted by molar-refractivity contribution is 0.0953. The molecule has 1 aromatic heterocycles. The Balaban J connectivity index is 1.90. The molecule has 1 unspecified atom stereocenters. The van der Waals surface area contributed by atoms with Crippen molar-refractivity contribution in [2.75, 3.05) is 6.54 Å². The van der Waals surface area contributed by atoms with Crippen molar-refractivity contribution in [3.8, 4) is 0 Å². The quantitative estimate of drug-likeness (QED) is 0.655. The Bertz CT molecular complexity index is 1030. The monoisotopic (exact) mass is 387 g/mol. The van der Waals surface area contributed by atoms with Crippen molar-refractivity contribution < 1.29 is 22.0 Å². The minimum Gasteiger partial charge on any atom is -0.468 e. The molecule has 140 valence electrons. The van der Waals surface area contributed by atoms with Gasteiger partial charge in [0, 0.05) is 12.1 Å². The standard InChI is InChI=1S/C20H18FNO4S/c1-14-12-16(9-10-17(14)21)27(24,25)19(18-8-5-11-26-18)13-22-20(23)15-6-3-2-4-7-15/h2-12,19H,13H2,1H3,(H,22,23). The predicted molar refractivity (Wildman–Crippen MR) is 98.5 cm³/mol. The molecule has 0 spiro atoms. The van der Waals surface area contributed by atoms with E-state index in [4.69, 9.17) is 4.42 Å². The van der Waals surface area contributed by atoms with Crippen LogP contribution in [-0.4, -0.2) is 20.9 Å². The summed E-state index contributed by atoms with van der Waals surface area (Å²) in [5.41, 5.74) is 0.647. The zero-order chi connectivity index (χ0) is 19.4. The summed E-state index contributed by atoms with van der Waals surface area (Å²) in [5.74, 6) is -0.677. The van der Waals surface area contributed by atoms with E-state index in [-0.39, 0.29) is 22.8 Å². The van der Waals surface area contributed by atoms with Crippen LogP contribution in [0.4, 0.5) is 4.39 Å². The molecular weight excluding hydrogens is 369 g/mol. The molecule has 0 radical (unpaired) electrons. The highest BCUT2D eigenvalue weighted by Crippen LogP contribution is 2.30. The van der Waals surface area contributed by atoms with Crippen LogP contribution in [0.25, 0.3) is 0 Å². The van der Waals surface area contributed by atoms with E-state index in [2.05, 4.69) is 5.32 Å². The molecule has 0 fully saturated rings. The summed E-state index contributed by atoms with van der Waals surface area (Å²) in [7, 11) is -3.92. The highest BCUT2D eigenvalue weighted by Gasteiger charge is 2.32. The van der Waals surface area contributed by atoms with Gasteiger partial charge in [-0.05, 0) is 55.0 Å². The zero-order valence-corrected chi connectivity index (χ0v) is 15.4. The Hall–Kier alpha value is -2.93. The molecule has 1 atom stereocenters. The van der Waals surface area contributed by atoms with Gasteiger partial charge in [-0.3, -0.25) is 4.79 Å². The van der Waals surface area contributed by atoms with E-state index in [0.717, 1.165) is 6.07 Å². The van der Waals surface area contributed by atoms with Gasteiger partial charge in [-0.2, -0.15) is 0 Å². The zero-order valence-electron chi connectivity index (χ0n) is 14.6. The first-order valence-corrected chi connectivity index (χ1v) is 9.81. The van der Waals surface area contributed by atoms with Gasteiger partial charge in [0.05, 0.1) is 11.2 Å². The molecule has 3 rings (SSSR count). The number of halogens is 1. The van der Waals surface area contributed by atoms with Crippen LogP contribution in [0.15, 0.2) is 76.2 Å². The minimum atomic E-state index is -3.92. The van der Waals surface area contributed by atoms with Crippen molar-refractivity contribution in [2.45, 2.75) is 17.1 Å². The van der Waals surface area contributed by atoms with Gasteiger partial charge >= 0.3 is 0 Å². The second-order valence-corrected chi connectivity index (χ2v) is 8.17. The van der Waals surface area contributed by atoms with Gasteiger partial charge in [0.15, 0.2) is 9.84 Å². The van der Waals surface area contributed by atoms with E-state index in [1.54, 1.807) is 36.4 Å². The van der Waals surface area contributed by atoms with E-state index in [1.807, 2.05) is 0 Å². The van der Waals surface area contributed by atoms with Gasteiger partial charge in [0.1, 0.15) is 16.8 Å². The van der Waals surface area contributed by atoms with Crippen molar-refractivity contribution in [1.82, 2.24) is 5.32 Å². The molecule has 1 amide bonds. The van der Waals surface area contributed by atoms with Crippen LogP contribution >= 0.6 is 0 Å². The number of rotatable bonds is 6. The summed E-state index contributed by atoms with van der Waals surface area (Å²) in [5, 5.41) is 1.50. The number of aryl methyl sites for hydroxylation is 1. The lowest BCUT2D eigenvalue weighted by Crippen LogP contribution is -2.31. The molecule has 1 heterocycles. The number of benzene rings is 2. The normalized spacial score (nSPS) is 12.5. The topological polar surface area (TPSA) is 76.4 Å². The molecule has 27 heavy (non-hydrogen) atoms. The average Bonchev–Trinajstić information content (AvgIpc) is 3.18. The Labute approximate surface area is 156 Å². The summed E-state index contributed by atoms with van der Waals surface area (Å²) in [6.45, 7) is 1.31. The number of hydrogen-bond acceptors (Lipinski definition) is 4. The van der Waals surface area contributed by atoms with E-state index in [1.165, 1.54) is 31.4 Å². The molecular formula is C20H18FNO4S. The third kappa shape index (κ3) is 4.09.